The van der Waals surface area contributed by atoms with Crippen LogP contribution in [0.5, 0.6) is 0 Å². The molecular weight excluding hydrogens is 160 g/mol. The van der Waals surface area contributed by atoms with Crippen LogP contribution in [0.4, 0.5) is 0 Å². The third-order valence-corrected chi connectivity index (χ3v) is 2.75. The fourth-order valence-electron chi connectivity index (χ4n) is 1.74. The molecule has 0 heterocycles. The normalized spacial score (nSPS) is 13.6. The largest absolute Gasteiger partial charge is 0.330 e. The number of hydrogen-bond donors (Lipinski definition) is 2. The molecular formula is C11H26N2. The lowest BCUT2D eigenvalue weighted by Gasteiger charge is -2.20. The quantitative estimate of drug-likeness (QED) is 0.571. The highest BCUT2D eigenvalue weighted by molar-refractivity contribution is 4.64. The van der Waals surface area contributed by atoms with Crippen LogP contribution in [0.2, 0.25) is 0 Å². The molecule has 0 aliphatic heterocycles. The van der Waals surface area contributed by atoms with Gasteiger partial charge in [0.1, 0.15) is 0 Å². The Morgan fingerprint density at radius 3 is 1.85 bits per heavy atom. The van der Waals surface area contributed by atoms with E-state index in [-0.39, 0.29) is 0 Å². The molecule has 0 spiro atoms. The van der Waals surface area contributed by atoms with Crippen LogP contribution < -0.4 is 11.5 Å². The van der Waals surface area contributed by atoms with Crippen LogP contribution in [0.15, 0.2) is 0 Å². The number of nitrogens with two attached hydrogens (primary N) is 2. The summed E-state index contributed by atoms with van der Waals surface area (Å²) < 4.78 is 0. The van der Waals surface area contributed by atoms with Gasteiger partial charge in [-0.3, -0.25) is 0 Å². The molecule has 0 amide bonds. The Kier molecular flexibility index (Phi) is 8.46. The topological polar surface area (TPSA) is 52.0 Å². The van der Waals surface area contributed by atoms with Gasteiger partial charge >= 0.3 is 0 Å². The molecule has 0 aromatic carbocycles. The average Bonchev–Trinajstić information content (AvgIpc) is 2.10. The Bertz CT molecular complexity index is 102. The summed E-state index contributed by atoms with van der Waals surface area (Å²) in [5.41, 5.74) is 11.0. The number of hydrogen-bond acceptors (Lipinski definition) is 2. The fourth-order valence-corrected chi connectivity index (χ4v) is 1.74. The third kappa shape index (κ3) is 7.03. The second kappa shape index (κ2) is 8.52. The minimum atomic E-state index is 0.796. The van der Waals surface area contributed by atoms with Gasteiger partial charge in [-0.1, -0.05) is 26.7 Å². The molecule has 2 nitrogen and oxygen atoms in total. The van der Waals surface area contributed by atoms with Crippen molar-refractivity contribution in [3.05, 3.63) is 0 Å². The van der Waals surface area contributed by atoms with Crippen LogP contribution in [0.1, 0.15) is 46.0 Å². The molecule has 1 atom stereocenters. The molecule has 0 saturated carbocycles. The van der Waals surface area contributed by atoms with Gasteiger partial charge < -0.3 is 11.5 Å². The van der Waals surface area contributed by atoms with E-state index in [9.17, 15) is 0 Å². The van der Waals surface area contributed by atoms with Crippen molar-refractivity contribution in [1.29, 1.82) is 0 Å². The van der Waals surface area contributed by atoms with Gasteiger partial charge in [-0.05, 0) is 44.2 Å². The van der Waals surface area contributed by atoms with Crippen LogP contribution in [-0.4, -0.2) is 13.1 Å². The van der Waals surface area contributed by atoms with Crippen molar-refractivity contribution in [2.75, 3.05) is 13.1 Å². The van der Waals surface area contributed by atoms with Gasteiger partial charge in [0.05, 0.1) is 0 Å². The van der Waals surface area contributed by atoms with E-state index in [0.29, 0.717) is 0 Å². The SMILES string of the molecule is CC(C)C(CCCN)CCCCN. The van der Waals surface area contributed by atoms with E-state index < -0.39 is 0 Å². The second-order valence-electron chi connectivity index (χ2n) is 4.22. The van der Waals surface area contributed by atoms with Gasteiger partial charge in [0.2, 0.25) is 0 Å². The zero-order valence-electron chi connectivity index (χ0n) is 9.26. The minimum Gasteiger partial charge on any atom is -0.330 e. The summed E-state index contributed by atoms with van der Waals surface area (Å²) in [4.78, 5) is 0. The van der Waals surface area contributed by atoms with Gasteiger partial charge in [0.25, 0.3) is 0 Å². The summed E-state index contributed by atoms with van der Waals surface area (Å²) in [7, 11) is 0. The van der Waals surface area contributed by atoms with Gasteiger partial charge in [-0.2, -0.15) is 0 Å². The van der Waals surface area contributed by atoms with E-state index in [2.05, 4.69) is 13.8 Å². The average molecular weight is 186 g/mol. The second-order valence-corrected chi connectivity index (χ2v) is 4.22. The Morgan fingerprint density at radius 1 is 0.846 bits per heavy atom. The fraction of sp³-hybridized carbons (Fsp3) is 1.00. The molecule has 0 aromatic heterocycles. The maximum Gasteiger partial charge on any atom is -0.00772 e. The van der Waals surface area contributed by atoms with Crippen LogP contribution >= 0.6 is 0 Å². The maximum absolute atomic E-state index is 5.51. The molecule has 2 heteroatoms. The summed E-state index contributed by atoms with van der Waals surface area (Å²) in [5, 5.41) is 0. The molecule has 0 aromatic rings. The summed E-state index contributed by atoms with van der Waals surface area (Å²) in [5.74, 6) is 1.65. The molecule has 13 heavy (non-hydrogen) atoms. The van der Waals surface area contributed by atoms with E-state index in [1.807, 2.05) is 0 Å². The number of rotatable bonds is 8. The monoisotopic (exact) mass is 186 g/mol. The lowest BCUT2D eigenvalue weighted by Crippen LogP contribution is -2.12. The van der Waals surface area contributed by atoms with Crippen LogP contribution in [0.25, 0.3) is 0 Å². The Hall–Kier alpha value is -0.0800. The first-order valence-electron chi connectivity index (χ1n) is 5.62. The highest BCUT2D eigenvalue weighted by Gasteiger charge is 2.11. The molecule has 0 radical (unpaired) electrons. The highest BCUT2D eigenvalue weighted by atomic mass is 14.5. The highest BCUT2D eigenvalue weighted by Crippen LogP contribution is 2.22. The summed E-state index contributed by atoms with van der Waals surface area (Å²) >= 11 is 0. The van der Waals surface area contributed by atoms with Gasteiger partial charge in [0, 0.05) is 0 Å². The Morgan fingerprint density at radius 2 is 1.38 bits per heavy atom. The molecule has 0 aliphatic carbocycles. The van der Waals surface area contributed by atoms with Crippen molar-refractivity contribution in [3.63, 3.8) is 0 Å². The Balaban J connectivity index is 3.54. The van der Waals surface area contributed by atoms with Gasteiger partial charge in [0.15, 0.2) is 0 Å². The van der Waals surface area contributed by atoms with Crippen LogP contribution in [0.3, 0.4) is 0 Å². The van der Waals surface area contributed by atoms with E-state index in [0.717, 1.165) is 24.9 Å². The maximum atomic E-state index is 5.51. The first-order valence-corrected chi connectivity index (χ1v) is 5.62. The van der Waals surface area contributed by atoms with Crippen molar-refractivity contribution in [2.45, 2.75) is 46.0 Å². The van der Waals surface area contributed by atoms with Crippen molar-refractivity contribution in [2.24, 2.45) is 23.3 Å². The predicted octanol–water partition coefficient (Wildman–Crippen LogP) is 2.13. The lowest BCUT2D eigenvalue weighted by molar-refractivity contribution is 0.321. The molecule has 0 rings (SSSR count). The zero-order chi connectivity index (χ0) is 10.1. The van der Waals surface area contributed by atoms with Crippen molar-refractivity contribution < 1.29 is 0 Å². The molecule has 4 N–H and O–H groups in total. The Labute approximate surface area is 83.1 Å². The first kappa shape index (κ1) is 12.9. The predicted molar refractivity (Wildman–Crippen MR) is 59.5 cm³/mol. The van der Waals surface area contributed by atoms with Crippen molar-refractivity contribution in [3.8, 4) is 0 Å². The van der Waals surface area contributed by atoms with E-state index >= 15 is 0 Å². The molecule has 80 valence electrons. The third-order valence-electron chi connectivity index (χ3n) is 2.75. The molecule has 0 fully saturated rings. The molecule has 0 aliphatic rings. The smallest absolute Gasteiger partial charge is 0.00772 e. The summed E-state index contributed by atoms with van der Waals surface area (Å²) in [6.07, 6.45) is 6.24. The van der Waals surface area contributed by atoms with Crippen LogP contribution in [-0.2, 0) is 0 Å². The number of unbranched alkanes of at least 4 members (excludes halogenated alkanes) is 1. The molecule has 1 unspecified atom stereocenters. The standard InChI is InChI=1S/C11H26N2/c1-10(2)11(7-5-9-13)6-3-4-8-12/h10-11H,3-9,12-13H2,1-2H3. The zero-order valence-corrected chi connectivity index (χ0v) is 9.26. The first-order chi connectivity index (χ1) is 6.22. The van der Waals surface area contributed by atoms with Crippen molar-refractivity contribution >= 4 is 0 Å². The van der Waals surface area contributed by atoms with E-state index in [1.165, 1.54) is 32.1 Å². The lowest BCUT2D eigenvalue weighted by atomic mass is 9.87. The van der Waals surface area contributed by atoms with E-state index in [4.69, 9.17) is 11.5 Å². The molecule has 0 saturated heterocycles. The van der Waals surface area contributed by atoms with E-state index in [1.54, 1.807) is 0 Å². The van der Waals surface area contributed by atoms with Crippen molar-refractivity contribution in [1.82, 2.24) is 0 Å². The van der Waals surface area contributed by atoms with Gasteiger partial charge in [-0.15, -0.1) is 0 Å². The summed E-state index contributed by atoms with van der Waals surface area (Å²) in [6.45, 7) is 6.29. The van der Waals surface area contributed by atoms with Crippen LogP contribution in [0, 0.1) is 11.8 Å². The molecule has 0 bridgehead atoms. The summed E-state index contributed by atoms with van der Waals surface area (Å²) in [6, 6.07) is 0. The van der Waals surface area contributed by atoms with Gasteiger partial charge in [-0.25, -0.2) is 0 Å². The minimum absolute atomic E-state index is 0.796.